The second-order valence-electron chi connectivity index (χ2n) is 5.11. The molecule has 0 unspecified atom stereocenters. The van der Waals surface area contributed by atoms with E-state index >= 15 is 0 Å². The minimum absolute atomic E-state index is 0. The molecular formula is C16H23IN4O2S2. The number of guanidine groups is 1. The maximum atomic E-state index is 12.0. The van der Waals surface area contributed by atoms with Crippen LogP contribution in [0.15, 0.2) is 52.2 Å². The zero-order valence-electron chi connectivity index (χ0n) is 13.9. The van der Waals surface area contributed by atoms with Gasteiger partial charge in [-0.3, -0.25) is 4.99 Å². The standard InChI is InChI=1S/C16H22N4O2S2.HI/c1-17-16(19-11-15-7-9-23-13-15)18-8-10-24(21,22)20-12-14-5-3-2-4-6-14;/h2-7,9,13,20H,8,10-12H2,1H3,(H2,17,18,19);1H. The molecule has 0 saturated heterocycles. The van der Waals surface area contributed by atoms with E-state index in [-0.39, 0.29) is 36.3 Å². The molecule has 0 aliphatic rings. The van der Waals surface area contributed by atoms with Gasteiger partial charge in [-0.2, -0.15) is 11.3 Å². The summed E-state index contributed by atoms with van der Waals surface area (Å²) in [6.45, 7) is 1.24. The Labute approximate surface area is 170 Å². The maximum absolute atomic E-state index is 12.0. The van der Waals surface area contributed by atoms with Crippen LogP contribution in [0.5, 0.6) is 0 Å². The number of aliphatic imine (C=N–C) groups is 1. The first kappa shape index (κ1) is 21.9. The Morgan fingerprint density at radius 2 is 1.84 bits per heavy atom. The van der Waals surface area contributed by atoms with Crippen molar-refractivity contribution < 1.29 is 8.42 Å². The quantitative estimate of drug-likeness (QED) is 0.299. The van der Waals surface area contributed by atoms with Gasteiger partial charge < -0.3 is 10.6 Å². The molecule has 2 aromatic rings. The van der Waals surface area contributed by atoms with Crippen molar-refractivity contribution >= 4 is 51.3 Å². The van der Waals surface area contributed by atoms with Crippen LogP contribution in [-0.2, 0) is 23.1 Å². The molecule has 0 atom stereocenters. The van der Waals surface area contributed by atoms with Crippen LogP contribution in [0.1, 0.15) is 11.1 Å². The molecule has 138 valence electrons. The second-order valence-corrected chi connectivity index (χ2v) is 7.82. The third-order valence-electron chi connectivity index (χ3n) is 3.27. The molecule has 0 amide bonds. The highest BCUT2D eigenvalue weighted by molar-refractivity contribution is 14.0. The van der Waals surface area contributed by atoms with Gasteiger partial charge in [-0.15, -0.1) is 24.0 Å². The van der Waals surface area contributed by atoms with E-state index in [1.807, 2.05) is 41.8 Å². The van der Waals surface area contributed by atoms with E-state index in [9.17, 15) is 8.42 Å². The predicted molar refractivity (Wildman–Crippen MR) is 115 cm³/mol. The number of nitrogens with one attached hydrogen (secondary N) is 3. The Hall–Kier alpha value is -1.17. The Balaban J connectivity index is 0.00000312. The van der Waals surface area contributed by atoms with Crippen molar-refractivity contribution in [2.24, 2.45) is 4.99 Å². The molecular weight excluding hydrogens is 471 g/mol. The summed E-state index contributed by atoms with van der Waals surface area (Å²) in [5, 5.41) is 10.2. The number of thiophene rings is 1. The van der Waals surface area contributed by atoms with E-state index in [0.29, 0.717) is 19.0 Å². The lowest BCUT2D eigenvalue weighted by Crippen LogP contribution is -2.40. The van der Waals surface area contributed by atoms with Gasteiger partial charge >= 0.3 is 0 Å². The van der Waals surface area contributed by atoms with Crippen molar-refractivity contribution in [3.63, 3.8) is 0 Å². The van der Waals surface area contributed by atoms with Crippen LogP contribution < -0.4 is 15.4 Å². The summed E-state index contributed by atoms with van der Waals surface area (Å²) in [6, 6.07) is 11.5. The Morgan fingerprint density at radius 3 is 2.48 bits per heavy atom. The zero-order chi connectivity index (χ0) is 17.3. The van der Waals surface area contributed by atoms with Gasteiger partial charge in [0.15, 0.2) is 5.96 Å². The molecule has 0 fully saturated rings. The van der Waals surface area contributed by atoms with Crippen LogP contribution >= 0.6 is 35.3 Å². The zero-order valence-corrected chi connectivity index (χ0v) is 17.9. The number of hydrogen-bond donors (Lipinski definition) is 3. The molecule has 0 radical (unpaired) electrons. The van der Waals surface area contributed by atoms with E-state index in [0.717, 1.165) is 5.56 Å². The van der Waals surface area contributed by atoms with Crippen molar-refractivity contribution in [2.45, 2.75) is 13.1 Å². The Kier molecular flexibility index (Phi) is 10.0. The molecule has 6 nitrogen and oxygen atoms in total. The van der Waals surface area contributed by atoms with Crippen molar-refractivity contribution in [1.82, 2.24) is 15.4 Å². The monoisotopic (exact) mass is 494 g/mol. The summed E-state index contributed by atoms with van der Waals surface area (Å²) in [4.78, 5) is 4.08. The van der Waals surface area contributed by atoms with E-state index in [1.54, 1.807) is 18.4 Å². The SMILES string of the molecule is CN=C(NCCS(=O)(=O)NCc1ccccc1)NCc1ccsc1.I. The lowest BCUT2D eigenvalue weighted by Gasteiger charge is -2.12. The van der Waals surface area contributed by atoms with Gasteiger partial charge in [0.25, 0.3) is 0 Å². The minimum atomic E-state index is -3.34. The lowest BCUT2D eigenvalue weighted by molar-refractivity contribution is 0.580. The smallest absolute Gasteiger partial charge is 0.213 e. The molecule has 0 spiro atoms. The Bertz CT molecular complexity index is 735. The van der Waals surface area contributed by atoms with Crippen LogP contribution in [0.4, 0.5) is 0 Å². The number of halogens is 1. The summed E-state index contributed by atoms with van der Waals surface area (Å²) in [7, 11) is -1.68. The largest absolute Gasteiger partial charge is 0.355 e. The fourth-order valence-corrected chi connectivity index (χ4v) is 3.54. The van der Waals surface area contributed by atoms with E-state index in [2.05, 4.69) is 25.7 Å². The van der Waals surface area contributed by atoms with Crippen LogP contribution in [0, 0.1) is 0 Å². The third-order valence-corrected chi connectivity index (χ3v) is 5.32. The van der Waals surface area contributed by atoms with Crippen LogP contribution in [0.2, 0.25) is 0 Å². The molecule has 0 bridgehead atoms. The average Bonchev–Trinajstić information content (AvgIpc) is 3.10. The Morgan fingerprint density at radius 1 is 1.08 bits per heavy atom. The number of hydrogen-bond acceptors (Lipinski definition) is 4. The summed E-state index contributed by atoms with van der Waals surface area (Å²) in [5.41, 5.74) is 2.10. The number of rotatable bonds is 8. The van der Waals surface area contributed by atoms with Crippen molar-refractivity contribution in [1.29, 1.82) is 0 Å². The molecule has 9 heteroatoms. The van der Waals surface area contributed by atoms with E-state index in [1.165, 1.54) is 5.56 Å². The lowest BCUT2D eigenvalue weighted by atomic mass is 10.2. The van der Waals surface area contributed by atoms with E-state index < -0.39 is 10.0 Å². The third kappa shape index (κ3) is 8.66. The molecule has 1 aromatic heterocycles. The molecule has 0 aliphatic carbocycles. The summed E-state index contributed by atoms with van der Waals surface area (Å²) >= 11 is 1.64. The highest BCUT2D eigenvalue weighted by Crippen LogP contribution is 2.04. The molecule has 2 rings (SSSR count). The predicted octanol–water partition coefficient (Wildman–Crippen LogP) is 2.15. The average molecular weight is 494 g/mol. The summed E-state index contributed by atoms with van der Waals surface area (Å²) < 4.78 is 26.6. The molecule has 25 heavy (non-hydrogen) atoms. The first-order valence-electron chi connectivity index (χ1n) is 7.56. The van der Waals surface area contributed by atoms with Gasteiger partial charge in [-0.1, -0.05) is 30.3 Å². The first-order valence-corrected chi connectivity index (χ1v) is 10.2. The van der Waals surface area contributed by atoms with E-state index in [4.69, 9.17) is 0 Å². The van der Waals surface area contributed by atoms with Gasteiger partial charge in [0, 0.05) is 26.7 Å². The maximum Gasteiger partial charge on any atom is 0.213 e. The molecule has 1 heterocycles. The molecule has 0 saturated carbocycles. The van der Waals surface area contributed by atoms with Gasteiger partial charge in [0.2, 0.25) is 10.0 Å². The van der Waals surface area contributed by atoms with Gasteiger partial charge in [-0.05, 0) is 28.0 Å². The first-order chi connectivity index (χ1) is 11.6. The summed E-state index contributed by atoms with van der Waals surface area (Å²) in [5.74, 6) is 0.568. The van der Waals surface area contributed by atoms with Crippen LogP contribution in [0.3, 0.4) is 0 Å². The molecule has 1 aromatic carbocycles. The number of benzene rings is 1. The highest BCUT2D eigenvalue weighted by Gasteiger charge is 2.10. The fraction of sp³-hybridized carbons (Fsp3) is 0.312. The summed E-state index contributed by atoms with van der Waals surface area (Å²) in [6.07, 6.45) is 0. The highest BCUT2D eigenvalue weighted by atomic mass is 127. The van der Waals surface area contributed by atoms with Gasteiger partial charge in [0.1, 0.15) is 0 Å². The number of sulfonamides is 1. The van der Waals surface area contributed by atoms with Gasteiger partial charge in [0.05, 0.1) is 5.75 Å². The normalized spacial score (nSPS) is 11.6. The molecule has 3 N–H and O–H groups in total. The molecule has 0 aliphatic heterocycles. The van der Waals surface area contributed by atoms with Crippen molar-refractivity contribution in [2.75, 3.05) is 19.3 Å². The van der Waals surface area contributed by atoms with Crippen LogP contribution in [-0.4, -0.2) is 33.7 Å². The van der Waals surface area contributed by atoms with Crippen LogP contribution in [0.25, 0.3) is 0 Å². The minimum Gasteiger partial charge on any atom is -0.355 e. The second kappa shape index (κ2) is 11.4. The number of nitrogens with zero attached hydrogens (tertiary/aromatic N) is 1. The fourth-order valence-electron chi connectivity index (χ4n) is 1.96. The van der Waals surface area contributed by atoms with Gasteiger partial charge in [-0.25, -0.2) is 13.1 Å². The van der Waals surface area contributed by atoms with Crippen molar-refractivity contribution in [3.05, 3.63) is 58.3 Å². The van der Waals surface area contributed by atoms with Crippen molar-refractivity contribution in [3.8, 4) is 0 Å². The topological polar surface area (TPSA) is 82.6 Å².